The van der Waals surface area contributed by atoms with Gasteiger partial charge in [0, 0.05) is 19.2 Å². The van der Waals surface area contributed by atoms with Crippen molar-refractivity contribution in [1.29, 1.82) is 0 Å². The zero-order chi connectivity index (χ0) is 20.0. The van der Waals surface area contributed by atoms with Crippen LogP contribution in [0.4, 0.5) is 5.69 Å². The lowest BCUT2D eigenvalue weighted by atomic mass is 9.97. The SMILES string of the molecule is CCOC(=O)C1CCN(C(=O)CN(c2cccc(OC)c2)S(C)(=O)=O)CC1. The molecule has 2 rings (SSSR count). The summed E-state index contributed by atoms with van der Waals surface area (Å²) in [5, 5.41) is 0. The summed E-state index contributed by atoms with van der Waals surface area (Å²) in [5.41, 5.74) is 0.367. The molecule has 1 heterocycles. The van der Waals surface area contributed by atoms with Crippen LogP contribution in [0.15, 0.2) is 24.3 Å². The number of carbonyl (C=O) groups is 2. The van der Waals surface area contributed by atoms with Crippen LogP contribution in [0.1, 0.15) is 19.8 Å². The Kier molecular flexibility index (Phi) is 7.06. The maximum atomic E-state index is 12.7. The fraction of sp³-hybridized carbons (Fsp3) is 0.556. The topological polar surface area (TPSA) is 93.2 Å². The van der Waals surface area contributed by atoms with Crippen molar-refractivity contribution < 1.29 is 27.5 Å². The fourth-order valence-electron chi connectivity index (χ4n) is 3.01. The third-order valence-electron chi connectivity index (χ3n) is 4.49. The van der Waals surface area contributed by atoms with E-state index in [4.69, 9.17) is 9.47 Å². The molecule has 1 aliphatic rings. The molecule has 0 aromatic heterocycles. The largest absolute Gasteiger partial charge is 0.497 e. The maximum Gasteiger partial charge on any atom is 0.309 e. The zero-order valence-electron chi connectivity index (χ0n) is 15.9. The predicted molar refractivity (Wildman–Crippen MR) is 101 cm³/mol. The van der Waals surface area contributed by atoms with Gasteiger partial charge in [0.2, 0.25) is 15.9 Å². The van der Waals surface area contributed by atoms with E-state index >= 15 is 0 Å². The lowest BCUT2D eigenvalue weighted by molar-refractivity contribution is -0.151. The summed E-state index contributed by atoms with van der Waals surface area (Å²) in [6.07, 6.45) is 2.10. The normalized spacial score (nSPS) is 15.3. The highest BCUT2D eigenvalue weighted by Crippen LogP contribution is 2.24. The number of hydrogen-bond acceptors (Lipinski definition) is 6. The first-order chi connectivity index (χ1) is 12.8. The molecule has 0 N–H and O–H groups in total. The second-order valence-corrected chi connectivity index (χ2v) is 8.29. The van der Waals surface area contributed by atoms with Crippen LogP contribution in [0.3, 0.4) is 0 Å². The van der Waals surface area contributed by atoms with Gasteiger partial charge < -0.3 is 14.4 Å². The first-order valence-corrected chi connectivity index (χ1v) is 10.7. The molecule has 1 aromatic carbocycles. The minimum Gasteiger partial charge on any atom is -0.497 e. The lowest BCUT2D eigenvalue weighted by Gasteiger charge is -2.32. The van der Waals surface area contributed by atoms with Gasteiger partial charge in [-0.1, -0.05) is 6.07 Å². The number of likely N-dealkylation sites (tertiary alicyclic amines) is 1. The van der Waals surface area contributed by atoms with E-state index in [2.05, 4.69) is 0 Å². The molecule has 1 amide bonds. The van der Waals surface area contributed by atoms with E-state index in [1.165, 1.54) is 7.11 Å². The molecule has 1 aliphatic heterocycles. The summed E-state index contributed by atoms with van der Waals surface area (Å²) < 4.78 is 35.7. The quantitative estimate of drug-likeness (QED) is 0.642. The highest BCUT2D eigenvalue weighted by atomic mass is 32.2. The molecule has 150 valence electrons. The number of piperidine rings is 1. The highest BCUT2D eigenvalue weighted by Gasteiger charge is 2.30. The molecule has 0 bridgehead atoms. The first kappa shape index (κ1) is 21.0. The predicted octanol–water partition coefficient (Wildman–Crippen LogP) is 1.26. The molecule has 1 saturated heterocycles. The summed E-state index contributed by atoms with van der Waals surface area (Å²) in [6, 6.07) is 6.55. The van der Waals surface area contributed by atoms with Crippen LogP contribution in [-0.4, -0.2) is 64.8 Å². The number of esters is 1. The summed E-state index contributed by atoms with van der Waals surface area (Å²) in [5.74, 6) is -0.244. The molecular formula is C18H26N2O6S. The molecule has 8 nitrogen and oxygen atoms in total. The molecule has 9 heteroatoms. The van der Waals surface area contributed by atoms with Crippen molar-refractivity contribution in [2.24, 2.45) is 5.92 Å². The van der Waals surface area contributed by atoms with Gasteiger partial charge in [0.25, 0.3) is 0 Å². The Balaban J connectivity index is 2.06. The smallest absolute Gasteiger partial charge is 0.309 e. The highest BCUT2D eigenvalue weighted by molar-refractivity contribution is 7.92. The van der Waals surface area contributed by atoms with Crippen LogP contribution in [-0.2, 0) is 24.3 Å². The van der Waals surface area contributed by atoms with Crippen molar-refractivity contribution in [1.82, 2.24) is 4.90 Å². The van der Waals surface area contributed by atoms with E-state index in [-0.39, 0.29) is 24.3 Å². The zero-order valence-corrected chi connectivity index (χ0v) is 16.7. The number of hydrogen-bond donors (Lipinski definition) is 0. The van der Waals surface area contributed by atoms with Gasteiger partial charge in [0.15, 0.2) is 0 Å². The van der Waals surface area contributed by atoms with Crippen LogP contribution < -0.4 is 9.04 Å². The Labute approximate surface area is 160 Å². The molecule has 1 aromatic rings. The van der Waals surface area contributed by atoms with E-state index in [0.29, 0.717) is 44.0 Å². The summed E-state index contributed by atoms with van der Waals surface area (Å²) in [6.45, 7) is 2.60. The summed E-state index contributed by atoms with van der Waals surface area (Å²) >= 11 is 0. The summed E-state index contributed by atoms with van der Waals surface area (Å²) in [4.78, 5) is 26.1. The van der Waals surface area contributed by atoms with Crippen molar-refractivity contribution in [3.63, 3.8) is 0 Å². The van der Waals surface area contributed by atoms with Gasteiger partial charge in [-0.25, -0.2) is 8.42 Å². The van der Waals surface area contributed by atoms with E-state index in [9.17, 15) is 18.0 Å². The number of amides is 1. The molecule has 27 heavy (non-hydrogen) atoms. The van der Waals surface area contributed by atoms with Crippen LogP contribution in [0.2, 0.25) is 0 Å². The number of benzene rings is 1. The molecule has 0 aliphatic carbocycles. The average molecular weight is 398 g/mol. The van der Waals surface area contributed by atoms with Gasteiger partial charge in [-0.15, -0.1) is 0 Å². The van der Waals surface area contributed by atoms with Gasteiger partial charge in [-0.05, 0) is 31.9 Å². The third-order valence-corrected chi connectivity index (χ3v) is 5.63. The molecule has 0 saturated carbocycles. The Morgan fingerprint density at radius 2 is 1.93 bits per heavy atom. The Morgan fingerprint density at radius 1 is 1.26 bits per heavy atom. The van der Waals surface area contributed by atoms with E-state index in [1.807, 2.05) is 0 Å². The van der Waals surface area contributed by atoms with E-state index < -0.39 is 10.0 Å². The number of rotatable bonds is 7. The van der Waals surface area contributed by atoms with E-state index in [0.717, 1.165) is 10.6 Å². The molecule has 0 radical (unpaired) electrons. The third kappa shape index (κ3) is 5.59. The molecule has 1 fully saturated rings. The van der Waals surface area contributed by atoms with Crippen molar-refractivity contribution in [2.45, 2.75) is 19.8 Å². The Morgan fingerprint density at radius 3 is 2.48 bits per heavy atom. The number of methoxy groups -OCH3 is 1. The number of ether oxygens (including phenoxy) is 2. The number of sulfonamides is 1. The molecular weight excluding hydrogens is 372 g/mol. The standard InChI is InChI=1S/C18H26N2O6S/c1-4-26-18(22)14-8-10-19(11-9-14)17(21)13-20(27(3,23)24)15-6-5-7-16(12-15)25-2/h5-7,12,14H,4,8-11,13H2,1-3H3. The van der Waals surface area contributed by atoms with Crippen LogP contribution in [0.5, 0.6) is 5.75 Å². The van der Waals surface area contributed by atoms with E-state index in [1.54, 1.807) is 36.1 Å². The lowest BCUT2D eigenvalue weighted by Crippen LogP contribution is -2.46. The summed E-state index contributed by atoms with van der Waals surface area (Å²) in [7, 11) is -2.16. The van der Waals surface area contributed by atoms with Crippen molar-refractivity contribution in [2.75, 3.05) is 43.9 Å². The fourth-order valence-corrected chi connectivity index (χ4v) is 3.85. The van der Waals surface area contributed by atoms with Crippen LogP contribution in [0, 0.1) is 5.92 Å². The Hall–Kier alpha value is -2.29. The number of nitrogens with zero attached hydrogens (tertiary/aromatic N) is 2. The van der Waals surface area contributed by atoms with Crippen molar-refractivity contribution >= 4 is 27.6 Å². The van der Waals surface area contributed by atoms with Crippen molar-refractivity contribution in [3.8, 4) is 5.75 Å². The second-order valence-electron chi connectivity index (χ2n) is 6.38. The number of anilines is 1. The average Bonchev–Trinajstić information content (AvgIpc) is 2.65. The monoisotopic (exact) mass is 398 g/mol. The van der Waals surface area contributed by atoms with Crippen molar-refractivity contribution in [3.05, 3.63) is 24.3 Å². The number of carbonyl (C=O) groups excluding carboxylic acids is 2. The second kappa shape index (κ2) is 9.07. The minimum atomic E-state index is -3.65. The Bertz CT molecular complexity index is 772. The van der Waals surface area contributed by atoms with Gasteiger partial charge in [0.05, 0.1) is 31.6 Å². The van der Waals surface area contributed by atoms with Gasteiger partial charge in [-0.3, -0.25) is 13.9 Å². The molecule has 0 spiro atoms. The first-order valence-electron chi connectivity index (χ1n) is 8.82. The molecule has 0 atom stereocenters. The maximum absolute atomic E-state index is 12.7. The van der Waals surface area contributed by atoms with Crippen LogP contribution >= 0.6 is 0 Å². The van der Waals surface area contributed by atoms with Gasteiger partial charge >= 0.3 is 5.97 Å². The molecule has 0 unspecified atom stereocenters. The minimum absolute atomic E-state index is 0.210. The van der Waals surface area contributed by atoms with Gasteiger partial charge in [0.1, 0.15) is 12.3 Å². The van der Waals surface area contributed by atoms with Gasteiger partial charge in [-0.2, -0.15) is 0 Å². The van der Waals surface area contributed by atoms with Crippen LogP contribution in [0.25, 0.3) is 0 Å².